The lowest BCUT2D eigenvalue weighted by Gasteiger charge is -2.04. The van der Waals surface area contributed by atoms with E-state index in [2.05, 4.69) is 45.0 Å². The van der Waals surface area contributed by atoms with Gasteiger partial charge >= 0.3 is 0 Å². The molecule has 0 atom stereocenters. The third kappa shape index (κ3) is 2.65. The molecule has 1 N–H and O–H groups in total. The molecule has 0 fully saturated rings. The second-order valence-electron chi connectivity index (χ2n) is 6.32. The molecular formula is C20H18N4S. The normalized spacial score (nSPS) is 13.4. The molecule has 4 nitrogen and oxygen atoms in total. The summed E-state index contributed by atoms with van der Waals surface area (Å²) < 4.78 is 2.14. The van der Waals surface area contributed by atoms with E-state index in [0.29, 0.717) is 0 Å². The number of nitrogens with zero attached hydrogens (tertiary/aromatic N) is 3. The molecule has 0 saturated carbocycles. The second-order valence-corrected chi connectivity index (χ2v) is 7.28. The van der Waals surface area contributed by atoms with Crippen LogP contribution in [0.3, 0.4) is 0 Å². The van der Waals surface area contributed by atoms with Crippen LogP contribution in [0.1, 0.15) is 23.4 Å². The molecule has 2 aromatic heterocycles. The zero-order valence-corrected chi connectivity index (χ0v) is 14.6. The maximum Gasteiger partial charge on any atom is 0.166 e. The van der Waals surface area contributed by atoms with E-state index in [-0.39, 0.29) is 0 Å². The van der Waals surface area contributed by atoms with E-state index in [9.17, 15) is 0 Å². The van der Waals surface area contributed by atoms with Crippen molar-refractivity contribution in [2.24, 2.45) is 0 Å². The number of para-hydroxylation sites is 3. The molecule has 1 aliphatic rings. The number of rotatable bonds is 4. The summed E-state index contributed by atoms with van der Waals surface area (Å²) in [5.41, 5.74) is 7.27. The minimum Gasteiger partial charge on any atom is -0.333 e. The van der Waals surface area contributed by atoms with Crippen LogP contribution in [-0.2, 0) is 18.6 Å². The van der Waals surface area contributed by atoms with Gasteiger partial charge in [0.1, 0.15) is 0 Å². The van der Waals surface area contributed by atoms with E-state index in [1.807, 2.05) is 24.3 Å². The Kier molecular flexibility index (Phi) is 3.59. The van der Waals surface area contributed by atoms with Crippen LogP contribution in [0.4, 0.5) is 0 Å². The zero-order chi connectivity index (χ0) is 16.6. The average Bonchev–Trinajstić information content (AvgIpc) is 3.35. The predicted molar refractivity (Wildman–Crippen MR) is 101 cm³/mol. The largest absolute Gasteiger partial charge is 0.333 e. The molecule has 0 amide bonds. The summed E-state index contributed by atoms with van der Waals surface area (Å²) in [6.07, 6.45) is 3.48. The van der Waals surface area contributed by atoms with Gasteiger partial charge in [-0.1, -0.05) is 42.1 Å². The first-order valence-electron chi connectivity index (χ1n) is 8.61. The smallest absolute Gasteiger partial charge is 0.166 e. The second kappa shape index (κ2) is 6.08. The number of benzene rings is 2. The lowest BCUT2D eigenvalue weighted by Crippen LogP contribution is -2.01. The summed E-state index contributed by atoms with van der Waals surface area (Å²) in [6.45, 7) is 0. The Morgan fingerprint density at radius 2 is 1.84 bits per heavy atom. The molecular weight excluding hydrogens is 328 g/mol. The summed E-state index contributed by atoms with van der Waals surface area (Å²) in [6, 6.07) is 18.6. The quantitative estimate of drug-likeness (QED) is 0.552. The van der Waals surface area contributed by atoms with Gasteiger partial charge in [0.05, 0.1) is 22.4 Å². The van der Waals surface area contributed by atoms with Crippen molar-refractivity contribution in [3.8, 4) is 5.69 Å². The zero-order valence-electron chi connectivity index (χ0n) is 13.8. The lowest BCUT2D eigenvalue weighted by atomic mass is 10.2. The van der Waals surface area contributed by atoms with E-state index in [1.54, 1.807) is 11.8 Å². The van der Waals surface area contributed by atoms with Gasteiger partial charge in [-0.3, -0.25) is 0 Å². The fourth-order valence-corrected chi connectivity index (χ4v) is 4.40. The first-order chi connectivity index (χ1) is 12.4. The highest BCUT2D eigenvalue weighted by Gasteiger charge is 2.23. The van der Waals surface area contributed by atoms with Crippen LogP contribution in [0.5, 0.6) is 0 Å². The van der Waals surface area contributed by atoms with Crippen LogP contribution in [0, 0.1) is 0 Å². The van der Waals surface area contributed by atoms with E-state index in [0.717, 1.165) is 40.5 Å². The van der Waals surface area contributed by atoms with Gasteiger partial charge in [-0.25, -0.2) is 9.67 Å². The number of aromatic amines is 1. The number of H-pyrrole nitrogens is 1. The van der Waals surface area contributed by atoms with Crippen LogP contribution < -0.4 is 0 Å². The van der Waals surface area contributed by atoms with Crippen LogP contribution in [0.25, 0.3) is 16.7 Å². The molecule has 2 aromatic carbocycles. The van der Waals surface area contributed by atoms with Gasteiger partial charge in [-0.2, -0.15) is 5.10 Å². The van der Waals surface area contributed by atoms with Crippen molar-refractivity contribution in [1.82, 2.24) is 19.7 Å². The van der Waals surface area contributed by atoms with E-state index in [4.69, 9.17) is 5.10 Å². The Hall–Kier alpha value is -2.53. The topological polar surface area (TPSA) is 46.5 Å². The van der Waals surface area contributed by atoms with Crippen LogP contribution >= 0.6 is 11.8 Å². The lowest BCUT2D eigenvalue weighted by molar-refractivity contribution is 0.771. The van der Waals surface area contributed by atoms with Crippen molar-refractivity contribution >= 4 is 22.8 Å². The van der Waals surface area contributed by atoms with Crippen molar-refractivity contribution < 1.29 is 0 Å². The third-order valence-corrected chi connectivity index (χ3v) is 5.61. The van der Waals surface area contributed by atoms with E-state index in [1.165, 1.54) is 23.4 Å². The minimum atomic E-state index is 0.849. The number of thioether (sulfide) groups is 1. The third-order valence-electron chi connectivity index (χ3n) is 4.73. The van der Waals surface area contributed by atoms with Gasteiger partial charge in [0.25, 0.3) is 0 Å². The van der Waals surface area contributed by atoms with Gasteiger partial charge < -0.3 is 4.98 Å². The standard InChI is InChI=1S/C20H18N4S/c1-2-7-14(8-3-1)24-19-12-6-9-15(19)18(23-24)13-25-20-21-16-10-4-5-11-17(16)22-20/h1-5,7-8,10-11H,6,9,12-13H2,(H,21,22). The number of imidazole rings is 1. The first kappa shape index (κ1) is 14.8. The minimum absolute atomic E-state index is 0.849. The van der Waals surface area contributed by atoms with Gasteiger partial charge in [0, 0.05) is 11.4 Å². The Labute approximate surface area is 150 Å². The summed E-state index contributed by atoms with van der Waals surface area (Å²) >= 11 is 1.73. The van der Waals surface area contributed by atoms with Crippen molar-refractivity contribution in [2.75, 3.05) is 0 Å². The van der Waals surface area contributed by atoms with Gasteiger partial charge in [0.15, 0.2) is 5.16 Å². The van der Waals surface area contributed by atoms with Crippen LogP contribution in [0.15, 0.2) is 59.8 Å². The molecule has 0 spiro atoms. The monoisotopic (exact) mass is 346 g/mol. The molecule has 0 bridgehead atoms. The average molecular weight is 346 g/mol. The number of aromatic nitrogens is 4. The molecule has 0 aliphatic heterocycles. The summed E-state index contributed by atoms with van der Waals surface area (Å²) in [4.78, 5) is 8.05. The molecule has 5 rings (SSSR count). The van der Waals surface area contributed by atoms with E-state index >= 15 is 0 Å². The number of hydrogen-bond acceptors (Lipinski definition) is 3. The molecule has 25 heavy (non-hydrogen) atoms. The van der Waals surface area contributed by atoms with Crippen molar-refractivity contribution in [2.45, 2.75) is 30.2 Å². The molecule has 5 heteroatoms. The van der Waals surface area contributed by atoms with Crippen molar-refractivity contribution in [3.63, 3.8) is 0 Å². The molecule has 0 radical (unpaired) electrons. The molecule has 4 aromatic rings. The summed E-state index contributed by atoms with van der Waals surface area (Å²) in [5, 5.41) is 5.89. The Morgan fingerprint density at radius 3 is 2.72 bits per heavy atom. The highest BCUT2D eigenvalue weighted by Crippen LogP contribution is 2.31. The molecule has 0 unspecified atom stereocenters. The Bertz CT molecular complexity index is 999. The van der Waals surface area contributed by atoms with Crippen molar-refractivity contribution in [1.29, 1.82) is 0 Å². The Morgan fingerprint density at radius 1 is 1.00 bits per heavy atom. The first-order valence-corrected chi connectivity index (χ1v) is 9.60. The highest BCUT2D eigenvalue weighted by atomic mass is 32.2. The van der Waals surface area contributed by atoms with Gasteiger partial charge in [-0.05, 0) is 49.1 Å². The SMILES string of the molecule is c1ccc(-n2nc(CSc3nc4ccccc4[nH]3)c3c2CCC3)cc1. The van der Waals surface area contributed by atoms with Gasteiger partial charge in [-0.15, -0.1) is 0 Å². The molecule has 2 heterocycles. The van der Waals surface area contributed by atoms with E-state index < -0.39 is 0 Å². The number of fused-ring (bicyclic) bond motifs is 2. The molecule has 1 aliphatic carbocycles. The number of nitrogens with one attached hydrogen (secondary N) is 1. The van der Waals surface area contributed by atoms with Crippen LogP contribution in [-0.4, -0.2) is 19.7 Å². The molecule has 0 saturated heterocycles. The maximum atomic E-state index is 4.93. The maximum absolute atomic E-state index is 4.93. The van der Waals surface area contributed by atoms with Crippen molar-refractivity contribution in [3.05, 3.63) is 71.5 Å². The predicted octanol–water partition coefficient (Wildman–Crippen LogP) is 4.53. The number of hydrogen-bond donors (Lipinski definition) is 1. The molecule has 124 valence electrons. The Balaban J connectivity index is 1.44. The fourth-order valence-electron chi connectivity index (χ4n) is 3.55. The fraction of sp³-hybridized carbons (Fsp3) is 0.200. The van der Waals surface area contributed by atoms with Crippen LogP contribution in [0.2, 0.25) is 0 Å². The summed E-state index contributed by atoms with van der Waals surface area (Å²) in [5.74, 6) is 0.849. The van der Waals surface area contributed by atoms with Gasteiger partial charge in [0.2, 0.25) is 0 Å². The highest BCUT2D eigenvalue weighted by molar-refractivity contribution is 7.98. The summed E-state index contributed by atoms with van der Waals surface area (Å²) in [7, 11) is 0.